The van der Waals surface area contributed by atoms with Crippen LogP contribution in [-0.4, -0.2) is 309 Å². The van der Waals surface area contributed by atoms with Crippen LogP contribution in [-0.2, 0) is 105 Å². The highest BCUT2D eigenvalue weighted by atomic mass is 32.2. The van der Waals surface area contributed by atoms with Gasteiger partial charge < -0.3 is 105 Å². The maximum absolute atomic E-state index is 13.6. The number of nitrogens with zero attached hydrogens (tertiary/aromatic N) is 5. The summed E-state index contributed by atoms with van der Waals surface area (Å²) < 4.78 is 56.2. The molecule has 11 amide bonds. The first-order valence-corrected chi connectivity index (χ1v) is 44.6. The number of hydrogen-bond donors (Lipinski definition) is 10. The second kappa shape index (κ2) is 63.2. The minimum atomic E-state index is -0.933. The minimum absolute atomic E-state index is 0.00135. The quantitative estimate of drug-likeness (QED) is 0.0150. The predicted molar refractivity (Wildman–Crippen MR) is 449 cm³/mol. The van der Waals surface area contributed by atoms with Gasteiger partial charge in [0.1, 0.15) is 6.04 Å². The van der Waals surface area contributed by atoms with Crippen molar-refractivity contribution < 1.29 is 115 Å². The third-order valence-corrected chi connectivity index (χ3v) is 21.2. The Morgan fingerprint density at radius 2 is 0.927 bits per heavy atom. The minimum Gasteiger partial charge on any atom is -0.385 e. The molecule has 123 heavy (non-hydrogen) atoms. The van der Waals surface area contributed by atoms with E-state index >= 15 is 0 Å². The summed E-state index contributed by atoms with van der Waals surface area (Å²) >= 11 is 1.87. The summed E-state index contributed by atoms with van der Waals surface area (Å²) in [5.74, 6) is -3.35. The zero-order chi connectivity index (χ0) is 88.2. The first kappa shape index (κ1) is 103. The van der Waals surface area contributed by atoms with Crippen LogP contribution in [0, 0.1) is 5.41 Å². The van der Waals surface area contributed by atoms with Gasteiger partial charge in [-0.25, -0.2) is 9.59 Å². The van der Waals surface area contributed by atoms with Gasteiger partial charge in [-0.15, -0.1) is 20.1 Å². The molecule has 0 bridgehead atoms. The third kappa shape index (κ3) is 46.2. The van der Waals surface area contributed by atoms with Crippen molar-refractivity contribution in [2.24, 2.45) is 5.41 Å². The van der Waals surface area contributed by atoms with Crippen LogP contribution >= 0.6 is 11.8 Å². The average molecular weight is 1760 g/mol. The van der Waals surface area contributed by atoms with Crippen LogP contribution in [0.1, 0.15) is 191 Å². The van der Waals surface area contributed by atoms with Gasteiger partial charge in [0.2, 0.25) is 35.4 Å². The molecular formula is C83H133N15O24S. The maximum Gasteiger partial charge on any atom is 0.333 e. The van der Waals surface area contributed by atoms with E-state index in [4.69, 9.17) is 52.2 Å². The number of thioether (sulfide) groups is 1. The van der Waals surface area contributed by atoms with Crippen LogP contribution in [0.2, 0.25) is 0 Å². The lowest BCUT2D eigenvalue weighted by Crippen LogP contribution is -2.47. The molecule has 4 heterocycles. The Labute approximate surface area is 724 Å². The van der Waals surface area contributed by atoms with E-state index in [0.717, 1.165) is 25.0 Å². The number of ketones is 2. The number of unbranched alkanes of at least 4 members (excludes halogenated alkanes) is 5. The van der Waals surface area contributed by atoms with Crippen LogP contribution in [0.5, 0.6) is 0 Å². The number of para-hydroxylation sites is 1. The molecule has 1 aromatic heterocycles. The van der Waals surface area contributed by atoms with Crippen molar-refractivity contribution in [2.45, 2.75) is 204 Å². The molecule has 4 aliphatic rings. The first-order chi connectivity index (χ1) is 59.7. The fourth-order valence-electron chi connectivity index (χ4n) is 13.2. The number of fused-ring (bicyclic) bond motifs is 1. The van der Waals surface area contributed by atoms with E-state index in [1.54, 1.807) is 0 Å². The number of hydroxylamine groups is 2. The van der Waals surface area contributed by atoms with Crippen molar-refractivity contribution in [2.75, 3.05) is 184 Å². The molecule has 1 aromatic carbocycles. The number of tetrazole rings is 1. The zero-order valence-electron chi connectivity index (χ0n) is 71.8. The van der Waals surface area contributed by atoms with E-state index in [0.29, 0.717) is 257 Å². The van der Waals surface area contributed by atoms with E-state index in [-0.39, 0.29) is 155 Å². The Morgan fingerprint density at radius 3 is 1.50 bits per heavy atom. The number of rotatable bonds is 73. The molecule has 4 atom stereocenters. The molecule has 39 nitrogen and oxygen atoms in total. The van der Waals surface area contributed by atoms with Gasteiger partial charge in [-0.2, -0.15) is 11.8 Å². The van der Waals surface area contributed by atoms with Gasteiger partial charge in [0.25, 0.3) is 23.5 Å². The van der Waals surface area contributed by atoms with Crippen LogP contribution in [0.3, 0.4) is 0 Å². The molecule has 1 aliphatic carbocycles. The number of amides is 11. The molecular weight excluding hydrogens is 1620 g/mol. The maximum atomic E-state index is 13.6. The standard InChI is InChI=1S/C83H133N15O24S/c1-83(2)59-66(99)77(67(100)60-83)63(84-38-44-117-50-56-121-58-57-120-55-49-116-43-31-72(104)88-35-16-40-113-46-52-119-54-48-115-42-18-37-90-81(110)79-94-96-98(95-79)62-19-5-3-6-20-62)21-8-10-24-69(101)85-33-14-12-22-64(91-73(105)28-27-71(103)86-32-13-4-7-26-76(108)122-97-74(106)29-30-75(97)107)80(109)89-36-17-41-114-47-53-118-51-45-112-39-15-34-87-70(102)25-11-9-23-68-78-65(61-123-68)92-82(111)93-78/h3,5-6,19-20,64-65,68,78,84H,4,7-18,21-61H2,1-2H3,(H,85,101)(H,86,103)(H,87,102)(H,88,104)(H,89,109)(H,90,110)(H,91,105)(H2,92,93,111)/t64-,65-,68-,78-/m0/s1. The van der Waals surface area contributed by atoms with E-state index in [1.165, 1.54) is 4.80 Å². The first-order valence-electron chi connectivity index (χ1n) is 43.6. The van der Waals surface area contributed by atoms with E-state index in [9.17, 15) is 62.3 Å². The molecule has 6 rings (SSSR count). The van der Waals surface area contributed by atoms with Crippen LogP contribution in [0.4, 0.5) is 4.79 Å². The number of carbonyl (C=O) groups is 13. The molecule has 0 radical (unpaired) electrons. The lowest BCUT2D eigenvalue weighted by molar-refractivity contribution is -0.197. The number of nitrogens with one attached hydrogen (secondary N) is 10. The molecule has 690 valence electrons. The number of carbonyl (C=O) groups excluding carboxylic acids is 13. The Hall–Kier alpha value is -8.71. The highest BCUT2D eigenvalue weighted by Gasteiger charge is 2.43. The number of imide groups is 1. The zero-order valence-corrected chi connectivity index (χ0v) is 72.6. The van der Waals surface area contributed by atoms with Crippen LogP contribution in [0.15, 0.2) is 41.6 Å². The number of ether oxygens (including phenoxy) is 10. The Bertz CT molecular complexity index is 3510. The fourth-order valence-corrected chi connectivity index (χ4v) is 14.8. The number of aromatic nitrogens is 4. The summed E-state index contributed by atoms with van der Waals surface area (Å²) in [6.45, 7) is 13.6. The predicted octanol–water partition coefficient (Wildman–Crippen LogP) is 2.78. The topological polar surface area (TPSA) is 491 Å². The average Bonchev–Trinajstić information content (AvgIpc) is 1.60. The van der Waals surface area contributed by atoms with Gasteiger partial charge in [0.05, 0.1) is 129 Å². The van der Waals surface area contributed by atoms with Gasteiger partial charge in [0, 0.05) is 153 Å². The van der Waals surface area contributed by atoms with Crippen molar-refractivity contribution in [3.8, 4) is 5.69 Å². The summed E-state index contributed by atoms with van der Waals surface area (Å²) in [4.78, 5) is 170. The van der Waals surface area contributed by atoms with Crippen molar-refractivity contribution in [1.82, 2.24) is 78.4 Å². The van der Waals surface area contributed by atoms with E-state index < -0.39 is 47.0 Å². The second-order valence-corrected chi connectivity index (χ2v) is 31.9. The van der Waals surface area contributed by atoms with Crippen molar-refractivity contribution in [3.05, 3.63) is 47.4 Å². The van der Waals surface area contributed by atoms with E-state index in [1.807, 2.05) is 55.9 Å². The van der Waals surface area contributed by atoms with Gasteiger partial charge in [-0.05, 0) is 113 Å². The van der Waals surface area contributed by atoms with Crippen molar-refractivity contribution in [1.29, 1.82) is 0 Å². The summed E-state index contributed by atoms with van der Waals surface area (Å²) in [6, 6.07) is 8.52. The molecule has 0 spiro atoms. The Balaban J connectivity index is 0.746. The van der Waals surface area contributed by atoms with Crippen molar-refractivity contribution in [3.63, 3.8) is 0 Å². The normalized spacial score (nSPS) is 16.2. The summed E-state index contributed by atoms with van der Waals surface area (Å²) in [5.41, 5.74) is 0.951. The largest absolute Gasteiger partial charge is 0.385 e. The number of Topliss-reactive ketones (excluding diaryl/α,β-unsaturated/α-hetero) is 2. The molecule has 40 heteroatoms. The monoisotopic (exact) mass is 1760 g/mol. The number of allylic oxidation sites excluding steroid dienone is 2. The summed E-state index contributed by atoms with van der Waals surface area (Å²) in [6.07, 6.45) is 10.1. The fraction of sp³-hybridized carbons (Fsp3) is 0.735. The molecule has 0 unspecified atom stereocenters. The molecule has 2 aromatic rings. The molecule has 3 aliphatic heterocycles. The highest BCUT2D eigenvalue weighted by Crippen LogP contribution is 2.36. The molecule has 4 fully saturated rings. The van der Waals surface area contributed by atoms with Crippen LogP contribution in [0.25, 0.3) is 5.69 Å². The number of benzene rings is 1. The summed E-state index contributed by atoms with van der Waals surface area (Å²) in [7, 11) is 0. The lowest BCUT2D eigenvalue weighted by Gasteiger charge is -2.30. The van der Waals surface area contributed by atoms with Gasteiger partial charge in [-0.1, -0.05) is 44.9 Å². The van der Waals surface area contributed by atoms with Crippen LogP contribution < -0.4 is 53.2 Å². The second-order valence-electron chi connectivity index (χ2n) is 30.7. The Kier molecular flexibility index (Phi) is 53.0. The van der Waals surface area contributed by atoms with Gasteiger partial charge in [0.15, 0.2) is 11.6 Å². The number of urea groups is 1. The lowest BCUT2D eigenvalue weighted by atomic mass is 9.73. The Morgan fingerprint density at radius 1 is 0.463 bits per heavy atom. The molecule has 10 N–H and O–H groups in total. The smallest absolute Gasteiger partial charge is 0.333 e. The number of hydrogen-bond acceptors (Lipinski definition) is 29. The highest BCUT2D eigenvalue weighted by molar-refractivity contribution is 8.00. The molecule has 1 saturated carbocycles. The van der Waals surface area contributed by atoms with Gasteiger partial charge >= 0.3 is 12.0 Å². The summed E-state index contributed by atoms with van der Waals surface area (Å²) in [5, 5.41) is 41.8. The van der Waals surface area contributed by atoms with E-state index in [2.05, 4.69) is 68.6 Å². The third-order valence-electron chi connectivity index (χ3n) is 19.7. The molecule has 3 saturated heterocycles. The van der Waals surface area contributed by atoms with Gasteiger partial charge in [-0.3, -0.25) is 52.7 Å². The van der Waals surface area contributed by atoms with Crippen molar-refractivity contribution >= 4 is 88.5 Å². The SMILES string of the molecule is CC1(C)CC(=O)C(=C(CCCCC(=O)NCCCC[C@H](NC(=O)CCC(=O)NCCCCCC(=O)ON2C(=O)CCC2=O)C(=O)NCCCOCCOCCOCCCNC(=O)CCCC[C@@H]2SC[C@@H]3NC(=O)N[C@@H]32)NCCOCCOCCOCCOCCC(=O)NCCCOCCOCCOCCCNC(=O)c2nnn(-c3ccccc3)n2)C(=O)C1.